The zero-order valence-corrected chi connectivity index (χ0v) is 18.9. The van der Waals surface area contributed by atoms with E-state index >= 15 is 0 Å². The van der Waals surface area contributed by atoms with E-state index in [1.54, 1.807) is 13.0 Å². The highest BCUT2D eigenvalue weighted by atomic mass is 19.4. The van der Waals surface area contributed by atoms with Gasteiger partial charge in [-0.3, -0.25) is 0 Å². The molecule has 4 rings (SSSR count). The summed E-state index contributed by atoms with van der Waals surface area (Å²) in [5, 5.41) is 0. The fourth-order valence-electron chi connectivity index (χ4n) is 4.62. The van der Waals surface area contributed by atoms with Crippen LogP contribution in [0, 0.1) is 12.7 Å². The van der Waals surface area contributed by atoms with E-state index < -0.39 is 47.9 Å². The van der Waals surface area contributed by atoms with E-state index in [0.717, 1.165) is 4.90 Å². The Morgan fingerprint density at radius 3 is 2.23 bits per heavy atom. The van der Waals surface area contributed by atoms with Crippen LogP contribution in [0.25, 0.3) is 0 Å². The Morgan fingerprint density at radius 1 is 1.03 bits per heavy atom. The predicted molar refractivity (Wildman–Crippen MR) is 112 cm³/mol. The first kappa shape index (κ1) is 25.3. The lowest BCUT2D eigenvalue weighted by Gasteiger charge is -2.35. The Morgan fingerprint density at radius 2 is 1.66 bits per heavy atom. The Labute approximate surface area is 197 Å². The number of aryl methyl sites for hydroxylation is 1. The molecule has 2 heterocycles. The van der Waals surface area contributed by atoms with Crippen LogP contribution >= 0.6 is 0 Å². The van der Waals surface area contributed by atoms with Gasteiger partial charge >= 0.3 is 18.4 Å². The highest BCUT2D eigenvalue weighted by molar-refractivity contribution is 5.75. The molecule has 0 radical (unpaired) electrons. The number of fused-ring (bicyclic) bond motifs is 1. The number of alkyl halides is 6. The number of ether oxygens (including phenoxy) is 1. The third-order valence-corrected chi connectivity index (χ3v) is 6.40. The normalized spacial score (nSPS) is 22.4. The Hall–Kier alpha value is -2.82. The maximum absolute atomic E-state index is 13.7. The molecule has 0 aliphatic carbocycles. The number of benzene rings is 2. The van der Waals surface area contributed by atoms with E-state index in [9.17, 15) is 35.5 Å². The van der Waals surface area contributed by atoms with Crippen LogP contribution in [0.2, 0.25) is 0 Å². The summed E-state index contributed by atoms with van der Waals surface area (Å²) >= 11 is 0. The molecular formula is C24H23F7N2O2. The van der Waals surface area contributed by atoms with Crippen molar-refractivity contribution in [3.05, 3.63) is 70.0 Å². The molecule has 2 aromatic carbocycles. The smallest absolute Gasteiger partial charge is 0.369 e. The summed E-state index contributed by atoms with van der Waals surface area (Å²) in [7, 11) is 1.33. The van der Waals surface area contributed by atoms with Crippen molar-refractivity contribution in [2.75, 3.05) is 13.6 Å². The molecule has 2 unspecified atom stereocenters. The summed E-state index contributed by atoms with van der Waals surface area (Å²) < 4.78 is 98.6. The van der Waals surface area contributed by atoms with Gasteiger partial charge in [0.1, 0.15) is 5.82 Å². The first-order chi connectivity index (χ1) is 16.2. The van der Waals surface area contributed by atoms with Gasteiger partial charge in [-0.05, 0) is 60.4 Å². The van der Waals surface area contributed by atoms with Gasteiger partial charge in [-0.25, -0.2) is 9.18 Å². The maximum Gasteiger partial charge on any atom is 0.416 e. The molecule has 0 bridgehead atoms. The lowest BCUT2D eigenvalue weighted by molar-refractivity contribution is -0.143. The lowest BCUT2D eigenvalue weighted by Crippen LogP contribution is -2.43. The average Bonchev–Trinajstić information content (AvgIpc) is 3.50. The van der Waals surface area contributed by atoms with Gasteiger partial charge in [0.25, 0.3) is 0 Å². The van der Waals surface area contributed by atoms with Gasteiger partial charge in [0, 0.05) is 26.6 Å². The van der Waals surface area contributed by atoms with Gasteiger partial charge < -0.3 is 14.5 Å². The monoisotopic (exact) mass is 504 g/mol. The predicted octanol–water partition coefficient (Wildman–Crippen LogP) is 6.33. The molecule has 4 nitrogen and oxygen atoms in total. The number of hydrogen-bond donors (Lipinski definition) is 0. The number of halogens is 7. The van der Waals surface area contributed by atoms with Crippen LogP contribution in [-0.4, -0.2) is 41.6 Å². The average molecular weight is 504 g/mol. The largest absolute Gasteiger partial charge is 0.416 e. The second-order valence-corrected chi connectivity index (χ2v) is 9.00. The summed E-state index contributed by atoms with van der Waals surface area (Å²) in [6, 6.07) is 4.48. The summed E-state index contributed by atoms with van der Waals surface area (Å²) in [5.74, 6) is -0.430. The lowest BCUT2D eigenvalue weighted by atomic mass is 9.96. The first-order valence-electron chi connectivity index (χ1n) is 11.0. The summed E-state index contributed by atoms with van der Waals surface area (Å²) in [6.45, 7) is 1.53. The highest BCUT2D eigenvalue weighted by Gasteiger charge is 2.46. The van der Waals surface area contributed by atoms with Crippen molar-refractivity contribution < 1.29 is 40.3 Å². The maximum atomic E-state index is 13.7. The molecular weight excluding hydrogens is 481 g/mol. The van der Waals surface area contributed by atoms with Gasteiger partial charge in [-0.2, -0.15) is 26.3 Å². The van der Waals surface area contributed by atoms with Crippen LogP contribution in [0.4, 0.5) is 35.5 Å². The van der Waals surface area contributed by atoms with Gasteiger partial charge in [0.15, 0.2) is 0 Å². The van der Waals surface area contributed by atoms with Crippen molar-refractivity contribution in [2.45, 2.75) is 56.9 Å². The number of carbonyl (C=O) groups excluding carboxylic acids is 1. The van der Waals surface area contributed by atoms with Crippen LogP contribution < -0.4 is 0 Å². The molecule has 2 amide bonds. The number of nitrogens with zero attached hydrogens (tertiary/aromatic N) is 2. The third-order valence-electron chi connectivity index (χ3n) is 6.40. The Bertz CT molecular complexity index is 1080. The van der Waals surface area contributed by atoms with Crippen molar-refractivity contribution in [2.24, 2.45) is 0 Å². The van der Waals surface area contributed by atoms with E-state index in [2.05, 4.69) is 0 Å². The molecule has 0 saturated carbocycles. The zero-order valence-electron chi connectivity index (χ0n) is 18.9. The Balaban J connectivity index is 1.61. The van der Waals surface area contributed by atoms with Crippen molar-refractivity contribution in [3.8, 4) is 0 Å². The molecule has 0 N–H and O–H groups in total. The molecule has 3 atom stereocenters. The number of amides is 2. The van der Waals surface area contributed by atoms with Gasteiger partial charge in [0.05, 0.1) is 29.4 Å². The topological polar surface area (TPSA) is 36.1 Å². The van der Waals surface area contributed by atoms with Gasteiger partial charge in [-0.15, -0.1) is 0 Å². The molecule has 2 aliphatic heterocycles. The van der Waals surface area contributed by atoms with E-state index in [0.29, 0.717) is 36.1 Å². The van der Waals surface area contributed by atoms with Crippen molar-refractivity contribution >= 4 is 6.03 Å². The van der Waals surface area contributed by atoms with Gasteiger partial charge in [0.2, 0.25) is 0 Å². The van der Waals surface area contributed by atoms with Crippen molar-refractivity contribution in [1.29, 1.82) is 0 Å². The van der Waals surface area contributed by atoms with Crippen LogP contribution in [-0.2, 0) is 23.6 Å². The zero-order chi connectivity index (χ0) is 25.7. The number of epoxide rings is 1. The summed E-state index contributed by atoms with van der Waals surface area (Å²) in [5.41, 5.74) is -1.83. The molecule has 11 heteroatoms. The molecule has 190 valence electrons. The molecule has 35 heavy (non-hydrogen) atoms. The number of urea groups is 1. The van der Waals surface area contributed by atoms with E-state index in [1.165, 1.54) is 24.1 Å². The fraction of sp³-hybridized carbons (Fsp3) is 0.458. The van der Waals surface area contributed by atoms with E-state index in [-0.39, 0.29) is 30.4 Å². The first-order valence-corrected chi connectivity index (χ1v) is 11.0. The summed E-state index contributed by atoms with van der Waals surface area (Å²) in [6.07, 6.45) is -9.03. The molecule has 2 fully saturated rings. The number of hydrogen-bond acceptors (Lipinski definition) is 2. The Kier molecular flexibility index (Phi) is 6.50. The van der Waals surface area contributed by atoms with Crippen molar-refractivity contribution in [3.63, 3.8) is 0 Å². The second kappa shape index (κ2) is 9.00. The van der Waals surface area contributed by atoms with Crippen molar-refractivity contribution in [1.82, 2.24) is 9.80 Å². The van der Waals surface area contributed by atoms with Gasteiger partial charge in [-0.1, -0.05) is 6.07 Å². The minimum atomic E-state index is -4.98. The number of likely N-dealkylation sites (tertiary alicyclic amines) is 1. The standard InChI is InChI=1S/C24H23F7N2O2/c1-13-7-17(25)3-4-18(13)19-11-21-20(35-21)5-6-33(19)22(34)32(2)12-14-8-15(23(26,27)28)10-16(9-14)24(29,30)31/h3-4,7-10,19-21H,5-6,11-12H2,1-2H3/t19-,20?,21?/m1/s1. The summed E-state index contributed by atoms with van der Waals surface area (Å²) in [4.78, 5) is 16.0. The molecule has 2 saturated heterocycles. The van der Waals surface area contributed by atoms with E-state index in [1.807, 2.05) is 0 Å². The van der Waals surface area contributed by atoms with Crippen LogP contribution in [0.1, 0.15) is 46.7 Å². The molecule has 0 aromatic heterocycles. The highest BCUT2D eigenvalue weighted by Crippen LogP contribution is 2.42. The fourth-order valence-corrected chi connectivity index (χ4v) is 4.62. The number of rotatable bonds is 3. The van der Waals surface area contributed by atoms with Crippen LogP contribution in [0.5, 0.6) is 0 Å². The van der Waals surface area contributed by atoms with Crippen LogP contribution in [0.15, 0.2) is 36.4 Å². The van der Waals surface area contributed by atoms with Crippen LogP contribution in [0.3, 0.4) is 0 Å². The minimum Gasteiger partial charge on any atom is -0.369 e. The quantitative estimate of drug-likeness (QED) is 0.362. The molecule has 2 aliphatic rings. The second-order valence-electron chi connectivity index (χ2n) is 9.00. The minimum absolute atomic E-state index is 0.0147. The van der Waals surface area contributed by atoms with E-state index in [4.69, 9.17) is 4.74 Å². The molecule has 0 spiro atoms. The number of carbonyl (C=O) groups is 1. The SMILES string of the molecule is Cc1cc(F)ccc1[C@H]1CC2OC2CCN1C(=O)N(C)Cc1cc(C(F)(F)F)cc(C(F)(F)F)c1. The molecule has 2 aromatic rings. The third kappa shape index (κ3) is 5.55.